The first kappa shape index (κ1) is 16.3. The van der Waals surface area contributed by atoms with Crippen molar-refractivity contribution >= 4 is 18.0 Å². The Kier molecular flexibility index (Phi) is 5.52. The summed E-state index contributed by atoms with van der Waals surface area (Å²) in [4.78, 5) is 24.1. The molecule has 0 radical (unpaired) electrons. The van der Waals surface area contributed by atoms with Crippen molar-refractivity contribution < 1.29 is 19.1 Å². The monoisotopic (exact) mass is 311 g/mol. The second-order valence-electron chi connectivity index (χ2n) is 4.64. The number of amides is 1. The Bertz CT molecular complexity index is 706. The van der Waals surface area contributed by atoms with Crippen LogP contribution in [0, 0.1) is 0 Å². The molecule has 1 amide bonds. The second kappa shape index (κ2) is 7.79. The minimum absolute atomic E-state index is 0.0616. The predicted molar refractivity (Wildman–Crippen MR) is 86.9 cm³/mol. The zero-order chi connectivity index (χ0) is 16.7. The van der Waals surface area contributed by atoms with Gasteiger partial charge in [-0.25, -0.2) is 4.79 Å². The van der Waals surface area contributed by atoms with Crippen LogP contribution in [0.15, 0.2) is 60.3 Å². The van der Waals surface area contributed by atoms with E-state index in [0.717, 1.165) is 5.56 Å². The number of carbonyl (C=O) groups excluding carboxylic acids is 2. The van der Waals surface area contributed by atoms with Crippen molar-refractivity contribution in [2.75, 3.05) is 14.2 Å². The minimum atomic E-state index is -0.620. The van der Waals surface area contributed by atoms with Gasteiger partial charge < -0.3 is 14.8 Å². The quantitative estimate of drug-likeness (QED) is 0.681. The third-order valence-corrected chi connectivity index (χ3v) is 3.12. The number of benzene rings is 2. The number of rotatable bonds is 5. The topological polar surface area (TPSA) is 64.6 Å². The van der Waals surface area contributed by atoms with E-state index in [0.29, 0.717) is 11.3 Å². The van der Waals surface area contributed by atoms with Gasteiger partial charge in [0, 0.05) is 5.56 Å². The third-order valence-electron chi connectivity index (χ3n) is 3.12. The highest BCUT2D eigenvalue weighted by Gasteiger charge is 2.14. The van der Waals surface area contributed by atoms with Crippen LogP contribution in [0.25, 0.3) is 6.08 Å². The molecule has 0 saturated heterocycles. The van der Waals surface area contributed by atoms with E-state index < -0.39 is 5.97 Å². The first-order valence-corrected chi connectivity index (χ1v) is 6.94. The van der Waals surface area contributed by atoms with E-state index in [4.69, 9.17) is 9.47 Å². The van der Waals surface area contributed by atoms with Crippen LogP contribution in [-0.4, -0.2) is 26.1 Å². The highest BCUT2D eigenvalue weighted by molar-refractivity contribution is 6.03. The van der Waals surface area contributed by atoms with Gasteiger partial charge in [0.2, 0.25) is 0 Å². The van der Waals surface area contributed by atoms with Crippen LogP contribution < -0.4 is 10.1 Å². The molecule has 0 aromatic heterocycles. The fraction of sp³-hybridized carbons (Fsp3) is 0.111. The average Bonchev–Trinajstić information content (AvgIpc) is 2.61. The highest BCUT2D eigenvalue weighted by Crippen LogP contribution is 2.14. The van der Waals surface area contributed by atoms with E-state index in [1.54, 1.807) is 61.7 Å². The number of methoxy groups -OCH3 is 2. The van der Waals surface area contributed by atoms with Gasteiger partial charge in [0.1, 0.15) is 11.4 Å². The lowest BCUT2D eigenvalue weighted by Gasteiger charge is -2.08. The fourth-order valence-electron chi connectivity index (χ4n) is 1.91. The molecule has 0 saturated carbocycles. The molecule has 0 heterocycles. The van der Waals surface area contributed by atoms with Crippen LogP contribution in [0.1, 0.15) is 15.9 Å². The summed E-state index contributed by atoms with van der Waals surface area (Å²) < 4.78 is 9.80. The van der Waals surface area contributed by atoms with Crippen molar-refractivity contribution in [1.82, 2.24) is 5.32 Å². The van der Waals surface area contributed by atoms with Gasteiger partial charge in [0.25, 0.3) is 5.91 Å². The van der Waals surface area contributed by atoms with Crippen LogP contribution in [0.5, 0.6) is 5.75 Å². The first-order chi connectivity index (χ1) is 11.1. The average molecular weight is 311 g/mol. The maximum Gasteiger partial charge on any atom is 0.354 e. The molecule has 2 aromatic rings. The van der Waals surface area contributed by atoms with Gasteiger partial charge in [0.15, 0.2) is 0 Å². The number of nitrogens with one attached hydrogen (secondary N) is 1. The van der Waals surface area contributed by atoms with Crippen molar-refractivity contribution in [3.05, 3.63) is 71.4 Å². The summed E-state index contributed by atoms with van der Waals surface area (Å²) in [6.45, 7) is 0. The van der Waals surface area contributed by atoms with E-state index in [2.05, 4.69) is 5.32 Å². The molecule has 0 spiro atoms. The molecule has 0 aliphatic rings. The van der Waals surface area contributed by atoms with Gasteiger partial charge in [-0.05, 0) is 35.9 Å². The number of ether oxygens (including phenoxy) is 2. The maximum atomic E-state index is 12.2. The summed E-state index contributed by atoms with van der Waals surface area (Å²) in [5.41, 5.74) is 1.25. The Hall–Kier alpha value is -3.08. The van der Waals surface area contributed by atoms with Crippen molar-refractivity contribution in [3.8, 4) is 5.75 Å². The Morgan fingerprint density at radius 3 is 2.17 bits per heavy atom. The van der Waals surface area contributed by atoms with Crippen LogP contribution >= 0.6 is 0 Å². The number of hydrogen-bond donors (Lipinski definition) is 1. The summed E-state index contributed by atoms with van der Waals surface area (Å²) >= 11 is 0. The van der Waals surface area contributed by atoms with E-state index in [1.807, 2.05) is 6.07 Å². The number of esters is 1. The van der Waals surface area contributed by atoms with Gasteiger partial charge in [-0.2, -0.15) is 0 Å². The third kappa shape index (κ3) is 4.44. The smallest absolute Gasteiger partial charge is 0.354 e. The van der Waals surface area contributed by atoms with Crippen LogP contribution in [-0.2, 0) is 9.53 Å². The van der Waals surface area contributed by atoms with Crippen LogP contribution in [0.2, 0.25) is 0 Å². The summed E-state index contributed by atoms with van der Waals surface area (Å²) in [6, 6.07) is 15.7. The van der Waals surface area contributed by atoms with E-state index in [1.165, 1.54) is 7.11 Å². The Morgan fingerprint density at radius 2 is 1.61 bits per heavy atom. The molecule has 2 rings (SSSR count). The van der Waals surface area contributed by atoms with Gasteiger partial charge in [-0.15, -0.1) is 0 Å². The Labute approximate surface area is 134 Å². The molecule has 23 heavy (non-hydrogen) atoms. The molecule has 0 aliphatic carbocycles. The molecule has 5 heteroatoms. The van der Waals surface area contributed by atoms with Crippen LogP contribution in [0.3, 0.4) is 0 Å². The van der Waals surface area contributed by atoms with Crippen molar-refractivity contribution in [1.29, 1.82) is 0 Å². The lowest BCUT2D eigenvalue weighted by Crippen LogP contribution is -2.28. The molecule has 5 nitrogen and oxygen atoms in total. The molecular weight excluding hydrogens is 294 g/mol. The van der Waals surface area contributed by atoms with E-state index in [-0.39, 0.29) is 11.6 Å². The largest absolute Gasteiger partial charge is 0.497 e. The molecule has 0 aliphatic heterocycles. The Balaban J connectivity index is 2.24. The fourth-order valence-corrected chi connectivity index (χ4v) is 1.91. The molecule has 0 unspecified atom stereocenters. The standard InChI is InChI=1S/C18H17NO4/c1-22-15-10-8-13(9-11-15)12-16(18(21)23-2)19-17(20)14-6-4-3-5-7-14/h3-12H,1-2H3,(H,19,20)/b16-12-. The van der Waals surface area contributed by atoms with Crippen molar-refractivity contribution in [2.24, 2.45) is 0 Å². The predicted octanol–water partition coefficient (Wildman–Crippen LogP) is 2.64. The highest BCUT2D eigenvalue weighted by atomic mass is 16.5. The first-order valence-electron chi connectivity index (χ1n) is 6.94. The molecule has 0 fully saturated rings. The minimum Gasteiger partial charge on any atom is -0.497 e. The molecule has 1 N–H and O–H groups in total. The molecule has 0 atom stereocenters. The molecule has 118 valence electrons. The van der Waals surface area contributed by atoms with E-state index in [9.17, 15) is 9.59 Å². The van der Waals surface area contributed by atoms with E-state index >= 15 is 0 Å². The lowest BCUT2D eigenvalue weighted by atomic mass is 10.1. The maximum absolute atomic E-state index is 12.2. The second-order valence-corrected chi connectivity index (χ2v) is 4.64. The lowest BCUT2D eigenvalue weighted by molar-refractivity contribution is -0.136. The van der Waals surface area contributed by atoms with Crippen molar-refractivity contribution in [2.45, 2.75) is 0 Å². The summed E-state index contributed by atoms with van der Waals surface area (Å²) in [6.07, 6.45) is 1.55. The SMILES string of the molecule is COC(=O)/C(=C/c1ccc(OC)cc1)NC(=O)c1ccccc1. The Morgan fingerprint density at radius 1 is 0.957 bits per heavy atom. The van der Waals surface area contributed by atoms with Crippen LogP contribution in [0.4, 0.5) is 0 Å². The zero-order valence-electron chi connectivity index (χ0n) is 12.9. The molecule has 0 bridgehead atoms. The van der Waals surface area contributed by atoms with Gasteiger partial charge in [0.05, 0.1) is 14.2 Å². The number of carbonyl (C=O) groups is 2. The summed E-state index contributed by atoms with van der Waals surface area (Å²) in [5.74, 6) is -0.295. The summed E-state index contributed by atoms with van der Waals surface area (Å²) in [5, 5.41) is 2.58. The normalized spacial score (nSPS) is 10.8. The van der Waals surface area contributed by atoms with Gasteiger partial charge >= 0.3 is 5.97 Å². The summed E-state index contributed by atoms with van der Waals surface area (Å²) in [7, 11) is 2.84. The van der Waals surface area contributed by atoms with Gasteiger partial charge in [-0.1, -0.05) is 30.3 Å². The van der Waals surface area contributed by atoms with Gasteiger partial charge in [-0.3, -0.25) is 4.79 Å². The molecular formula is C18H17NO4. The molecule has 2 aromatic carbocycles. The number of hydrogen-bond acceptors (Lipinski definition) is 4. The zero-order valence-corrected chi connectivity index (χ0v) is 12.9. The van der Waals surface area contributed by atoms with Crippen molar-refractivity contribution in [3.63, 3.8) is 0 Å².